The SMILES string of the molecule is Cc1ccc(-n2c(C)cc(C(=O)COC(=O)c3ccc(S(C)(=O)=O)c([N+](=O)[O-])c3)c2C)cc1. The Bertz CT molecular complexity index is 1370. The summed E-state index contributed by atoms with van der Waals surface area (Å²) >= 11 is 0. The van der Waals surface area contributed by atoms with Gasteiger partial charge in [-0.3, -0.25) is 14.9 Å². The van der Waals surface area contributed by atoms with Crippen LogP contribution >= 0.6 is 0 Å². The maximum Gasteiger partial charge on any atom is 0.338 e. The van der Waals surface area contributed by atoms with Crippen molar-refractivity contribution in [2.75, 3.05) is 12.9 Å². The lowest BCUT2D eigenvalue weighted by Crippen LogP contribution is -2.15. The molecule has 1 heterocycles. The molecule has 3 rings (SSSR count). The van der Waals surface area contributed by atoms with Crippen molar-refractivity contribution >= 4 is 27.3 Å². The summed E-state index contributed by atoms with van der Waals surface area (Å²) in [4.78, 5) is 34.9. The number of hydrogen-bond donors (Lipinski definition) is 0. The minimum absolute atomic E-state index is 0.230. The summed E-state index contributed by atoms with van der Waals surface area (Å²) in [6, 6.07) is 12.4. The van der Waals surface area contributed by atoms with Crippen molar-refractivity contribution in [2.45, 2.75) is 25.7 Å². The molecule has 33 heavy (non-hydrogen) atoms. The normalized spacial score (nSPS) is 11.3. The molecule has 172 valence electrons. The molecule has 0 radical (unpaired) electrons. The highest BCUT2D eigenvalue weighted by molar-refractivity contribution is 7.90. The quantitative estimate of drug-likeness (QED) is 0.223. The second-order valence-electron chi connectivity index (χ2n) is 7.67. The van der Waals surface area contributed by atoms with E-state index >= 15 is 0 Å². The van der Waals surface area contributed by atoms with Crippen LogP contribution in [0.2, 0.25) is 0 Å². The summed E-state index contributed by atoms with van der Waals surface area (Å²) in [7, 11) is -3.86. The number of benzene rings is 2. The maximum absolute atomic E-state index is 12.7. The predicted molar refractivity (Wildman–Crippen MR) is 121 cm³/mol. The fourth-order valence-corrected chi connectivity index (χ4v) is 4.36. The monoisotopic (exact) mass is 470 g/mol. The number of esters is 1. The van der Waals surface area contributed by atoms with Gasteiger partial charge in [-0.2, -0.15) is 0 Å². The number of nitrogens with zero attached hydrogens (tertiary/aromatic N) is 2. The molecule has 9 nitrogen and oxygen atoms in total. The first-order valence-electron chi connectivity index (χ1n) is 9.85. The van der Waals surface area contributed by atoms with Crippen LogP contribution in [0.25, 0.3) is 5.69 Å². The molecule has 0 unspecified atom stereocenters. The smallest absolute Gasteiger partial charge is 0.338 e. The van der Waals surface area contributed by atoms with Crippen LogP contribution < -0.4 is 0 Å². The molecule has 0 saturated heterocycles. The van der Waals surface area contributed by atoms with E-state index in [1.165, 1.54) is 0 Å². The summed E-state index contributed by atoms with van der Waals surface area (Å²) in [6.07, 6.45) is 0.832. The third-order valence-electron chi connectivity index (χ3n) is 5.15. The Kier molecular flexibility index (Phi) is 6.50. The molecule has 0 aliphatic heterocycles. The molecule has 0 atom stereocenters. The van der Waals surface area contributed by atoms with Crippen molar-refractivity contribution in [2.24, 2.45) is 0 Å². The van der Waals surface area contributed by atoms with Gasteiger partial charge in [0, 0.05) is 35.0 Å². The van der Waals surface area contributed by atoms with Gasteiger partial charge in [0.2, 0.25) is 5.78 Å². The summed E-state index contributed by atoms with van der Waals surface area (Å²) in [6.45, 7) is 5.05. The number of ether oxygens (including phenoxy) is 1. The van der Waals surface area contributed by atoms with Gasteiger partial charge < -0.3 is 9.30 Å². The van der Waals surface area contributed by atoms with E-state index in [9.17, 15) is 28.1 Å². The van der Waals surface area contributed by atoms with Crippen LogP contribution in [0, 0.1) is 30.9 Å². The van der Waals surface area contributed by atoms with Gasteiger partial charge in [0.25, 0.3) is 5.69 Å². The van der Waals surface area contributed by atoms with Crippen molar-refractivity contribution < 1.29 is 27.7 Å². The molecule has 0 saturated carbocycles. The minimum Gasteiger partial charge on any atom is -0.454 e. The van der Waals surface area contributed by atoms with Crippen molar-refractivity contribution in [1.29, 1.82) is 0 Å². The molecule has 0 aliphatic rings. The first kappa shape index (κ1) is 23.9. The number of carbonyl (C=O) groups excluding carboxylic acids is 2. The van der Waals surface area contributed by atoms with Crippen LogP contribution in [0.1, 0.15) is 37.7 Å². The van der Waals surface area contributed by atoms with Crippen LogP contribution in [0.15, 0.2) is 53.4 Å². The van der Waals surface area contributed by atoms with E-state index in [1.54, 1.807) is 13.0 Å². The number of ketones is 1. The molecular weight excluding hydrogens is 448 g/mol. The number of Topliss-reactive ketones (excluding diaryl/α,β-unsaturated/α-hetero) is 1. The van der Waals surface area contributed by atoms with Crippen molar-refractivity contribution in [3.8, 4) is 5.69 Å². The zero-order chi connectivity index (χ0) is 24.5. The minimum atomic E-state index is -3.86. The zero-order valence-electron chi connectivity index (χ0n) is 18.5. The van der Waals surface area contributed by atoms with Crippen molar-refractivity contribution in [1.82, 2.24) is 4.57 Å². The Balaban J connectivity index is 1.80. The molecule has 0 spiro atoms. The summed E-state index contributed by atoms with van der Waals surface area (Å²) < 4.78 is 30.4. The first-order valence-corrected chi connectivity index (χ1v) is 11.7. The lowest BCUT2D eigenvalue weighted by molar-refractivity contribution is -0.387. The highest BCUT2D eigenvalue weighted by Gasteiger charge is 2.25. The van der Waals surface area contributed by atoms with E-state index in [2.05, 4.69) is 0 Å². The Morgan fingerprint density at radius 2 is 1.67 bits per heavy atom. The van der Waals surface area contributed by atoms with Crippen LogP contribution in [0.4, 0.5) is 5.69 Å². The van der Waals surface area contributed by atoms with E-state index in [4.69, 9.17) is 4.74 Å². The lowest BCUT2D eigenvalue weighted by Gasteiger charge is -2.10. The zero-order valence-corrected chi connectivity index (χ0v) is 19.3. The van der Waals surface area contributed by atoms with Gasteiger partial charge >= 0.3 is 5.97 Å². The highest BCUT2D eigenvalue weighted by Crippen LogP contribution is 2.26. The molecule has 1 aromatic heterocycles. The molecule has 10 heteroatoms. The number of rotatable bonds is 7. The molecule has 0 fully saturated rings. The number of sulfone groups is 1. The van der Waals surface area contributed by atoms with Crippen LogP contribution in [-0.4, -0.2) is 42.5 Å². The summed E-state index contributed by atoms with van der Waals surface area (Å²) in [5, 5.41) is 11.2. The van der Waals surface area contributed by atoms with Crippen LogP contribution in [0.3, 0.4) is 0 Å². The Labute approximate surface area is 190 Å². The van der Waals surface area contributed by atoms with Crippen molar-refractivity contribution in [3.63, 3.8) is 0 Å². The molecule has 3 aromatic rings. The Hall–Kier alpha value is -3.79. The van der Waals surface area contributed by atoms with Gasteiger partial charge in [0.15, 0.2) is 16.4 Å². The van der Waals surface area contributed by atoms with Crippen molar-refractivity contribution in [3.05, 3.63) is 86.7 Å². The summed E-state index contributed by atoms with van der Waals surface area (Å²) in [5.41, 5.74) is 2.94. The number of aromatic nitrogens is 1. The number of aryl methyl sites for hydroxylation is 2. The van der Waals surface area contributed by atoms with E-state index in [0.29, 0.717) is 11.3 Å². The third kappa shape index (κ3) is 5.01. The van der Waals surface area contributed by atoms with Gasteiger partial charge in [-0.05, 0) is 51.1 Å². The molecule has 2 aromatic carbocycles. The molecule has 0 N–H and O–H groups in total. The van der Waals surface area contributed by atoms with E-state index < -0.39 is 43.7 Å². The second-order valence-corrected chi connectivity index (χ2v) is 9.65. The Morgan fingerprint density at radius 3 is 2.24 bits per heavy atom. The average Bonchev–Trinajstić information content (AvgIpc) is 3.05. The van der Waals surface area contributed by atoms with Gasteiger partial charge in [0.1, 0.15) is 4.90 Å². The molecule has 0 aliphatic carbocycles. The fraction of sp³-hybridized carbons (Fsp3) is 0.217. The van der Waals surface area contributed by atoms with Gasteiger partial charge in [-0.1, -0.05) is 17.7 Å². The number of nitro benzene ring substituents is 1. The number of hydrogen-bond acceptors (Lipinski definition) is 7. The van der Waals surface area contributed by atoms with Gasteiger partial charge in [-0.25, -0.2) is 13.2 Å². The van der Waals surface area contributed by atoms with E-state index in [1.807, 2.05) is 42.7 Å². The molecular formula is C23H22N2O7S. The fourth-order valence-electron chi connectivity index (χ4n) is 3.53. The highest BCUT2D eigenvalue weighted by atomic mass is 32.2. The molecule has 0 bridgehead atoms. The first-order chi connectivity index (χ1) is 15.4. The average molecular weight is 471 g/mol. The van der Waals surface area contributed by atoms with Crippen LogP contribution in [0.5, 0.6) is 0 Å². The Morgan fingerprint density at radius 1 is 1.03 bits per heavy atom. The lowest BCUT2D eigenvalue weighted by atomic mass is 10.1. The van der Waals surface area contributed by atoms with E-state index in [-0.39, 0.29) is 5.56 Å². The van der Waals surface area contributed by atoms with Gasteiger partial charge in [-0.15, -0.1) is 0 Å². The number of carbonyl (C=O) groups is 2. The number of nitro groups is 1. The van der Waals surface area contributed by atoms with Crippen LogP contribution in [-0.2, 0) is 14.6 Å². The topological polar surface area (TPSA) is 126 Å². The van der Waals surface area contributed by atoms with E-state index in [0.717, 1.165) is 41.4 Å². The van der Waals surface area contributed by atoms with Gasteiger partial charge in [0.05, 0.1) is 10.5 Å². The third-order valence-corrected chi connectivity index (χ3v) is 6.29. The summed E-state index contributed by atoms with van der Waals surface area (Å²) in [5.74, 6) is -1.41. The maximum atomic E-state index is 12.7. The second kappa shape index (κ2) is 8.99. The largest absolute Gasteiger partial charge is 0.454 e. The standard InChI is InChI=1S/C23H22N2O7S/c1-14-5-8-18(9-6-14)24-15(2)11-19(16(24)3)21(26)13-32-23(27)17-7-10-22(33(4,30)31)20(12-17)25(28)29/h5-12H,13H2,1-4H3. The predicted octanol–water partition coefficient (Wildman–Crippen LogP) is 3.75. The molecule has 0 amide bonds.